The lowest BCUT2D eigenvalue weighted by molar-refractivity contribution is 0.101. The highest BCUT2D eigenvalue weighted by atomic mass is 35.5. The smallest absolute Gasteiger partial charge is 0.0931 e. The maximum Gasteiger partial charge on any atom is 0.0931 e. The molecular weight excluding hydrogens is 214 g/mol. The minimum absolute atomic E-state index is 0.381. The molecule has 0 radical (unpaired) electrons. The molecule has 2 rings (SSSR count). The summed E-state index contributed by atoms with van der Waals surface area (Å²) >= 11 is 7.63. The average Bonchev–Trinajstić information content (AvgIpc) is 2.29. The van der Waals surface area contributed by atoms with E-state index in [1.54, 1.807) is 11.3 Å². The predicted octanol–water partition coefficient (Wildman–Crippen LogP) is 3.71. The summed E-state index contributed by atoms with van der Waals surface area (Å²) in [4.78, 5) is 1.38. The van der Waals surface area contributed by atoms with Gasteiger partial charge in [0.1, 0.15) is 0 Å². The first-order chi connectivity index (χ1) is 6.48. The van der Waals surface area contributed by atoms with E-state index in [4.69, 9.17) is 11.6 Å². The van der Waals surface area contributed by atoms with Gasteiger partial charge >= 0.3 is 0 Å². The fourth-order valence-electron chi connectivity index (χ4n) is 1.95. The molecule has 0 spiro atoms. The molecule has 1 N–H and O–H groups in total. The Balaban J connectivity index is 2.14. The second-order valence-corrected chi connectivity index (χ2v) is 6.75. The number of nitrogens with one attached hydrogen (secondary N) is 1. The molecule has 0 saturated carbocycles. The van der Waals surface area contributed by atoms with E-state index in [0.717, 1.165) is 16.8 Å². The molecule has 1 aromatic rings. The van der Waals surface area contributed by atoms with Gasteiger partial charge in [0.05, 0.1) is 4.34 Å². The Kier molecular flexibility index (Phi) is 2.63. The van der Waals surface area contributed by atoms with E-state index in [1.165, 1.54) is 4.88 Å². The molecule has 1 saturated heterocycles. The van der Waals surface area contributed by atoms with Crippen LogP contribution in [-0.2, 0) is 0 Å². The van der Waals surface area contributed by atoms with Crippen molar-refractivity contribution in [2.45, 2.75) is 26.8 Å². The lowest BCUT2D eigenvalue weighted by Gasteiger charge is -2.45. The van der Waals surface area contributed by atoms with Gasteiger partial charge in [0, 0.05) is 17.5 Å². The van der Waals surface area contributed by atoms with Crippen molar-refractivity contribution in [1.82, 2.24) is 5.32 Å². The molecular formula is C11H16ClNS. The first kappa shape index (κ1) is 10.5. The molecule has 0 aromatic carbocycles. The Hall–Kier alpha value is -0.0500. The zero-order chi connectivity index (χ0) is 10.3. The Morgan fingerprint density at radius 1 is 1.43 bits per heavy atom. The number of halogens is 1. The summed E-state index contributed by atoms with van der Waals surface area (Å²) in [5.41, 5.74) is 0.381. The van der Waals surface area contributed by atoms with Gasteiger partial charge in [-0.1, -0.05) is 32.4 Å². The first-order valence-electron chi connectivity index (χ1n) is 4.97. The molecule has 2 heterocycles. The van der Waals surface area contributed by atoms with Crippen molar-refractivity contribution in [3.05, 3.63) is 21.3 Å². The largest absolute Gasteiger partial charge is 0.309 e. The molecule has 0 aliphatic carbocycles. The lowest BCUT2D eigenvalue weighted by Crippen LogP contribution is -2.51. The fraction of sp³-hybridized carbons (Fsp3) is 0.636. The summed E-state index contributed by atoms with van der Waals surface area (Å²) in [6, 6.07) is 4.65. The maximum absolute atomic E-state index is 5.94. The normalized spacial score (nSPS) is 27.4. The van der Waals surface area contributed by atoms with E-state index in [2.05, 4.69) is 32.2 Å². The van der Waals surface area contributed by atoms with Crippen molar-refractivity contribution in [1.29, 1.82) is 0 Å². The molecule has 2 atom stereocenters. The molecule has 1 aliphatic heterocycles. The third-order valence-electron chi connectivity index (χ3n) is 2.97. The van der Waals surface area contributed by atoms with Gasteiger partial charge in [0.15, 0.2) is 0 Å². The van der Waals surface area contributed by atoms with Crippen LogP contribution in [-0.4, -0.2) is 6.54 Å². The van der Waals surface area contributed by atoms with Crippen LogP contribution in [0.25, 0.3) is 0 Å². The monoisotopic (exact) mass is 229 g/mol. The van der Waals surface area contributed by atoms with Gasteiger partial charge in [-0.05, 0) is 23.5 Å². The molecule has 1 aromatic heterocycles. The molecule has 3 heteroatoms. The minimum atomic E-state index is 0.381. The highest BCUT2D eigenvalue weighted by Gasteiger charge is 2.40. The summed E-state index contributed by atoms with van der Waals surface area (Å²) in [6.07, 6.45) is 0. The Morgan fingerprint density at radius 2 is 2.14 bits per heavy atom. The van der Waals surface area contributed by atoms with Crippen molar-refractivity contribution in [3.63, 3.8) is 0 Å². The molecule has 0 bridgehead atoms. The number of hydrogen-bond acceptors (Lipinski definition) is 2. The van der Waals surface area contributed by atoms with E-state index in [1.807, 2.05) is 6.07 Å². The van der Waals surface area contributed by atoms with Gasteiger partial charge in [-0.3, -0.25) is 0 Å². The van der Waals surface area contributed by atoms with Crippen LogP contribution in [0.5, 0.6) is 0 Å². The standard InChI is InChI=1S/C11H16ClNS/c1-11(2,3)7-6-13-10(7)8-4-5-9(12)14-8/h4-5,7,10,13H,6H2,1-3H3. The zero-order valence-electron chi connectivity index (χ0n) is 8.80. The van der Waals surface area contributed by atoms with Crippen LogP contribution >= 0.6 is 22.9 Å². The van der Waals surface area contributed by atoms with Crippen molar-refractivity contribution in [2.24, 2.45) is 11.3 Å². The van der Waals surface area contributed by atoms with E-state index < -0.39 is 0 Å². The van der Waals surface area contributed by atoms with Gasteiger partial charge in [-0.15, -0.1) is 11.3 Å². The SMILES string of the molecule is CC(C)(C)C1CNC1c1ccc(Cl)s1. The molecule has 2 unspecified atom stereocenters. The third-order valence-corrected chi connectivity index (χ3v) is 4.29. The van der Waals surface area contributed by atoms with E-state index in [0.29, 0.717) is 11.5 Å². The van der Waals surface area contributed by atoms with E-state index in [-0.39, 0.29) is 0 Å². The zero-order valence-corrected chi connectivity index (χ0v) is 10.4. The Labute approximate surface area is 94.5 Å². The van der Waals surface area contributed by atoms with E-state index in [9.17, 15) is 0 Å². The van der Waals surface area contributed by atoms with Crippen LogP contribution in [0.4, 0.5) is 0 Å². The van der Waals surface area contributed by atoms with Crippen LogP contribution in [0.2, 0.25) is 4.34 Å². The molecule has 14 heavy (non-hydrogen) atoms. The molecule has 78 valence electrons. The maximum atomic E-state index is 5.94. The summed E-state index contributed by atoms with van der Waals surface area (Å²) in [7, 11) is 0. The van der Waals surface area contributed by atoms with Gasteiger partial charge in [-0.2, -0.15) is 0 Å². The van der Waals surface area contributed by atoms with Crippen LogP contribution in [0.1, 0.15) is 31.7 Å². The van der Waals surface area contributed by atoms with Crippen LogP contribution in [0, 0.1) is 11.3 Å². The third kappa shape index (κ3) is 1.83. The average molecular weight is 230 g/mol. The lowest BCUT2D eigenvalue weighted by atomic mass is 9.71. The number of rotatable bonds is 1. The quantitative estimate of drug-likeness (QED) is 0.774. The van der Waals surface area contributed by atoms with Gasteiger partial charge in [0.2, 0.25) is 0 Å². The summed E-state index contributed by atoms with van der Waals surface area (Å²) in [5, 5.41) is 3.48. The highest BCUT2D eigenvalue weighted by molar-refractivity contribution is 7.16. The second-order valence-electron chi connectivity index (χ2n) is 5.00. The fourth-order valence-corrected chi connectivity index (χ4v) is 3.16. The van der Waals surface area contributed by atoms with Crippen molar-refractivity contribution in [3.8, 4) is 0 Å². The van der Waals surface area contributed by atoms with Gasteiger partial charge in [-0.25, -0.2) is 0 Å². The van der Waals surface area contributed by atoms with Crippen LogP contribution in [0.15, 0.2) is 12.1 Å². The van der Waals surface area contributed by atoms with Crippen LogP contribution in [0.3, 0.4) is 0 Å². The summed E-state index contributed by atoms with van der Waals surface area (Å²) in [6.45, 7) is 8.05. The molecule has 0 amide bonds. The van der Waals surface area contributed by atoms with Crippen molar-refractivity contribution < 1.29 is 0 Å². The van der Waals surface area contributed by atoms with Gasteiger partial charge in [0.25, 0.3) is 0 Å². The van der Waals surface area contributed by atoms with Gasteiger partial charge < -0.3 is 5.32 Å². The summed E-state index contributed by atoms with van der Waals surface area (Å²) in [5.74, 6) is 0.734. The Morgan fingerprint density at radius 3 is 2.50 bits per heavy atom. The number of thiophene rings is 1. The first-order valence-corrected chi connectivity index (χ1v) is 6.16. The van der Waals surface area contributed by atoms with Crippen molar-refractivity contribution >= 4 is 22.9 Å². The topological polar surface area (TPSA) is 12.0 Å². The Bertz CT molecular complexity index is 326. The van der Waals surface area contributed by atoms with Crippen LogP contribution < -0.4 is 5.32 Å². The molecule has 1 fully saturated rings. The summed E-state index contributed by atoms with van der Waals surface area (Å²) < 4.78 is 0.890. The number of hydrogen-bond donors (Lipinski definition) is 1. The van der Waals surface area contributed by atoms with E-state index >= 15 is 0 Å². The predicted molar refractivity (Wildman–Crippen MR) is 63.0 cm³/mol. The molecule has 1 nitrogen and oxygen atoms in total. The molecule has 1 aliphatic rings. The second kappa shape index (κ2) is 3.51. The minimum Gasteiger partial charge on any atom is -0.309 e. The van der Waals surface area contributed by atoms with Crippen molar-refractivity contribution in [2.75, 3.05) is 6.54 Å². The highest BCUT2D eigenvalue weighted by Crippen LogP contribution is 2.43.